The van der Waals surface area contributed by atoms with Crippen LogP contribution in [0.2, 0.25) is 5.02 Å². The lowest BCUT2D eigenvalue weighted by molar-refractivity contribution is -0.143. The summed E-state index contributed by atoms with van der Waals surface area (Å²) in [5.41, 5.74) is 0.275. The van der Waals surface area contributed by atoms with Crippen molar-refractivity contribution in [3.63, 3.8) is 0 Å². The van der Waals surface area contributed by atoms with Gasteiger partial charge in [0.1, 0.15) is 5.56 Å². The molecule has 1 unspecified atom stereocenters. The van der Waals surface area contributed by atoms with E-state index in [4.69, 9.17) is 11.6 Å². The fourth-order valence-corrected chi connectivity index (χ4v) is 2.76. The molecular weight excluding hydrogens is 412 g/mol. The maximum absolute atomic E-state index is 13.0. The van der Waals surface area contributed by atoms with Crippen LogP contribution in [0.4, 0.5) is 0 Å². The number of esters is 1. The molecule has 9 nitrogen and oxygen atoms in total. The zero-order valence-electron chi connectivity index (χ0n) is 15.8. The van der Waals surface area contributed by atoms with Gasteiger partial charge in [-0.05, 0) is 30.3 Å². The number of rotatable bonds is 6. The number of nitrogens with zero attached hydrogens (tertiary/aromatic N) is 3. The highest BCUT2D eigenvalue weighted by molar-refractivity contribution is 6.30. The number of ether oxygens (including phenoxy) is 1. The molecule has 0 aliphatic carbocycles. The number of amides is 1. The summed E-state index contributed by atoms with van der Waals surface area (Å²) in [6, 6.07) is 9.90. The summed E-state index contributed by atoms with van der Waals surface area (Å²) >= 11 is 5.93. The normalized spacial score (nSPS) is 11.6. The highest BCUT2D eigenvalue weighted by Crippen LogP contribution is 2.20. The Hall–Kier alpha value is -3.56. The molecule has 0 bridgehead atoms. The molecule has 0 saturated heterocycles. The second-order valence-corrected chi connectivity index (χ2v) is 6.55. The van der Waals surface area contributed by atoms with Crippen molar-refractivity contribution in [1.82, 2.24) is 20.1 Å². The molecule has 10 heteroatoms. The van der Waals surface area contributed by atoms with Crippen molar-refractivity contribution in [2.24, 2.45) is 0 Å². The van der Waals surface area contributed by atoms with Crippen LogP contribution in [-0.4, -0.2) is 51.5 Å². The lowest BCUT2D eigenvalue weighted by atomic mass is 10.1. The second-order valence-electron chi connectivity index (χ2n) is 6.11. The van der Waals surface area contributed by atoms with E-state index in [-0.39, 0.29) is 5.56 Å². The number of carbonyl (C=O) groups is 2. The Morgan fingerprint density at radius 2 is 2.00 bits per heavy atom. The first-order chi connectivity index (χ1) is 14.4. The summed E-state index contributed by atoms with van der Waals surface area (Å²) in [5, 5.41) is 16.5. The number of aromatic nitrogens is 3. The van der Waals surface area contributed by atoms with Crippen molar-refractivity contribution in [2.75, 3.05) is 13.7 Å². The van der Waals surface area contributed by atoms with Gasteiger partial charge in [0.05, 0.1) is 31.3 Å². The van der Waals surface area contributed by atoms with Crippen molar-refractivity contribution >= 4 is 23.5 Å². The summed E-state index contributed by atoms with van der Waals surface area (Å²) in [7, 11) is 1.12. The van der Waals surface area contributed by atoms with Crippen LogP contribution in [0.5, 0.6) is 0 Å². The Labute approximate surface area is 175 Å². The Morgan fingerprint density at radius 1 is 1.27 bits per heavy atom. The fourth-order valence-electron chi connectivity index (χ4n) is 2.63. The molecule has 2 heterocycles. The summed E-state index contributed by atoms with van der Waals surface area (Å²) < 4.78 is 5.58. The van der Waals surface area contributed by atoms with Crippen LogP contribution in [-0.2, 0) is 9.53 Å². The molecule has 0 spiro atoms. The summed E-state index contributed by atoms with van der Waals surface area (Å²) in [6.45, 7) is -0.690. The predicted octanol–water partition coefficient (Wildman–Crippen LogP) is 1.21. The predicted molar refractivity (Wildman–Crippen MR) is 108 cm³/mol. The average Bonchev–Trinajstić information content (AvgIpc) is 2.78. The van der Waals surface area contributed by atoms with Gasteiger partial charge in [0.25, 0.3) is 11.5 Å². The van der Waals surface area contributed by atoms with Crippen LogP contribution in [0, 0.1) is 0 Å². The van der Waals surface area contributed by atoms with E-state index in [1.807, 2.05) is 0 Å². The highest BCUT2D eigenvalue weighted by Gasteiger charge is 2.24. The molecule has 0 aliphatic heterocycles. The lowest BCUT2D eigenvalue weighted by Gasteiger charge is -2.15. The first-order valence-corrected chi connectivity index (χ1v) is 9.12. The molecule has 3 rings (SSSR count). The van der Waals surface area contributed by atoms with Gasteiger partial charge in [-0.25, -0.2) is 4.79 Å². The van der Waals surface area contributed by atoms with Gasteiger partial charge in [-0.2, -0.15) is 9.78 Å². The van der Waals surface area contributed by atoms with E-state index in [2.05, 4.69) is 20.1 Å². The standard InChI is InChI=1S/C20H17ClN4O5/c1-30-20(29)17(11-26)23-18(27)15-9-16(12-4-6-13(21)7-5-12)24-25(19(15)28)14-3-2-8-22-10-14/h2-10,17,26H,11H2,1H3,(H,23,27). The van der Waals surface area contributed by atoms with Crippen LogP contribution in [0.1, 0.15) is 10.4 Å². The molecule has 30 heavy (non-hydrogen) atoms. The minimum absolute atomic E-state index is 0.277. The number of halogens is 1. The van der Waals surface area contributed by atoms with E-state index in [0.717, 1.165) is 11.8 Å². The third-order valence-corrected chi connectivity index (χ3v) is 4.41. The van der Waals surface area contributed by atoms with Gasteiger partial charge in [0, 0.05) is 16.8 Å². The average molecular weight is 429 g/mol. The van der Waals surface area contributed by atoms with Crippen LogP contribution in [0.25, 0.3) is 16.9 Å². The third-order valence-electron chi connectivity index (χ3n) is 4.16. The number of hydrogen-bond acceptors (Lipinski definition) is 7. The van der Waals surface area contributed by atoms with Crippen LogP contribution in [0.15, 0.2) is 59.7 Å². The molecule has 1 amide bonds. The van der Waals surface area contributed by atoms with Gasteiger partial charge >= 0.3 is 5.97 Å². The van der Waals surface area contributed by atoms with Crippen molar-refractivity contribution in [3.05, 3.63) is 75.8 Å². The number of aliphatic hydroxyl groups excluding tert-OH is 1. The van der Waals surface area contributed by atoms with Gasteiger partial charge in [-0.1, -0.05) is 23.7 Å². The Bertz CT molecular complexity index is 1120. The molecular formula is C20H17ClN4O5. The minimum atomic E-state index is -1.32. The monoisotopic (exact) mass is 428 g/mol. The van der Waals surface area contributed by atoms with E-state index in [9.17, 15) is 19.5 Å². The van der Waals surface area contributed by atoms with E-state index in [1.54, 1.807) is 36.4 Å². The number of benzene rings is 1. The van der Waals surface area contributed by atoms with Gasteiger partial charge in [0.15, 0.2) is 6.04 Å². The Kier molecular flexibility index (Phi) is 6.55. The zero-order valence-corrected chi connectivity index (χ0v) is 16.5. The largest absolute Gasteiger partial charge is 0.467 e. The van der Waals surface area contributed by atoms with E-state index < -0.39 is 30.1 Å². The quantitative estimate of drug-likeness (QED) is 0.565. The first kappa shape index (κ1) is 21.2. The number of carbonyl (C=O) groups excluding carboxylic acids is 2. The zero-order chi connectivity index (χ0) is 21.7. The molecule has 3 aromatic rings. The molecule has 2 aromatic heterocycles. The molecule has 154 valence electrons. The second kappa shape index (κ2) is 9.29. The summed E-state index contributed by atoms with van der Waals surface area (Å²) in [5.74, 6) is -1.70. The van der Waals surface area contributed by atoms with Gasteiger partial charge < -0.3 is 15.2 Å². The van der Waals surface area contributed by atoms with Crippen molar-refractivity contribution in [3.8, 4) is 16.9 Å². The first-order valence-electron chi connectivity index (χ1n) is 8.75. The number of hydrogen-bond donors (Lipinski definition) is 2. The number of aliphatic hydroxyl groups is 1. The summed E-state index contributed by atoms with van der Waals surface area (Å²) in [4.78, 5) is 41.4. The van der Waals surface area contributed by atoms with Gasteiger partial charge in [-0.3, -0.25) is 14.6 Å². The third kappa shape index (κ3) is 4.53. The van der Waals surface area contributed by atoms with E-state index in [0.29, 0.717) is 22.0 Å². The molecule has 1 aromatic carbocycles. The minimum Gasteiger partial charge on any atom is -0.467 e. The van der Waals surface area contributed by atoms with Crippen molar-refractivity contribution < 1.29 is 19.4 Å². The molecule has 2 N–H and O–H groups in total. The number of nitrogens with one attached hydrogen (secondary N) is 1. The smallest absolute Gasteiger partial charge is 0.330 e. The van der Waals surface area contributed by atoms with Crippen LogP contribution in [0.3, 0.4) is 0 Å². The Balaban J connectivity index is 2.12. The van der Waals surface area contributed by atoms with E-state index >= 15 is 0 Å². The van der Waals surface area contributed by atoms with Gasteiger partial charge in [-0.15, -0.1) is 0 Å². The maximum Gasteiger partial charge on any atom is 0.330 e. The molecule has 0 radical (unpaired) electrons. The number of pyridine rings is 1. The Morgan fingerprint density at radius 3 is 2.60 bits per heavy atom. The SMILES string of the molecule is COC(=O)C(CO)NC(=O)c1cc(-c2ccc(Cl)cc2)nn(-c2cccnc2)c1=O. The molecule has 0 fully saturated rings. The number of methoxy groups -OCH3 is 1. The summed E-state index contributed by atoms with van der Waals surface area (Å²) in [6.07, 6.45) is 2.96. The van der Waals surface area contributed by atoms with Crippen molar-refractivity contribution in [2.45, 2.75) is 6.04 Å². The maximum atomic E-state index is 13.0. The highest BCUT2D eigenvalue weighted by atomic mass is 35.5. The van der Waals surface area contributed by atoms with E-state index in [1.165, 1.54) is 18.5 Å². The van der Waals surface area contributed by atoms with Gasteiger partial charge in [0.2, 0.25) is 0 Å². The topological polar surface area (TPSA) is 123 Å². The van der Waals surface area contributed by atoms with Crippen LogP contribution < -0.4 is 10.9 Å². The molecule has 0 saturated carbocycles. The molecule has 0 aliphatic rings. The fraction of sp³-hybridized carbons (Fsp3) is 0.150. The van der Waals surface area contributed by atoms with Crippen LogP contribution >= 0.6 is 11.6 Å². The van der Waals surface area contributed by atoms with Crippen molar-refractivity contribution in [1.29, 1.82) is 0 Å². The lowest BCUT2D eigenvalue weighted by Crippen LogP contribution is -2.46. The molecule has 1 atom stereocenters.